The largest absolute Gasteiger partial charge is 0.462 e. The summed E-state index contributed by atoms with van der Waals surface area (Å²) in [5.74, 6) is -1.49. The Bertz CT molecular complexity index is 2990. The van der Waals surface area contributed by atoms with Gasteiger partial charge in [-0.2, -0.15) is 0 Å². The molecule has 0 heterocycles. The fourth-order valence-electron chi connectivity index (χ4n) is 13.2. The van der Waals surface area contributed by atoms with Crippen LogP contribution >= 0.6 is 0 Å². The van der Waals surface area contributed by atoms with Gasteiger partial charge in [0.15, 0.2) is 0 Å². The molecule has 3 aliphatic carbocycles. The number of allylic oxidation sites excluding steroid dienone is 6. The minimum atomic E-state index is -0.626. The van der Waals surface area contributed by atoms with Crippen molar-refractivity contribution in [3.8, 4) is 0 Å². The number of nitrogens with one attached hydrogen (secondary N) is 3. The molecule has 3 aliphatic rings. The lowest BCUT2D eigenvalue weighted by molar-refractivity contribution is -0.150. The zero-order valence-electron chi connectivity index (χ0n) is 61.0. The highest BCUT2D eigenvalue weighted by molar-refractivity contribution is 5.76. The number of rotatable bonds is 41. The van der Waals surface area contributed by atoms with E-state index in [1.54, 1.807) is 19.9 Å². The number of aryl methyl sites for hydroxylation is 3. The lowest BCUT2D eigenvalue weighted by atomic mass is 9.89. The first kappa shape index (κ1) is 86.1. The standard InChI is InChI=1S/2C28H41NO5.C27H39NO5/c1-3-28(33)34-22(17-16-21-12-8-7-9-13-21)18-19-24-23(25(30)20-26(24)31)14-10-5-6-11-15-27(32)29-4-2;1-3-28(33)34-26-20-25(31)23(14-10-5-6-11-15-27(32)29-4-2)24(26)19-18-22(30)17-16-21-12-8-7-9-13-21;1-3-28-27(32)14-10-5-4-9-13-23-24(26(31)19-25(23)30)18-17-22(33-20(2)29)16-15-21-11-7-6-8-12-21/h2*5,7-10,12-13,18-19,22-26,30-31H,3-4,6,11,14-17,20H2,1-2H3,(H,29,32);4,6-9,11-12,17-18,22-26,30-31H,3,5,10,13-16,19H2,1-2H3,(H,28,32)/b2*10-5-,19-18+;9-4-,18-17+/t22-,23?,24+,25-,26+;2*22-,23+,24+,25-,26+/m000/s1. The molecule has 3 aromatic rings. The van der Waals surface area contributed by atoms with E-state index >= 15 is 0 Å². The van der Waals surface area contributed by atoms with E-state index in [1.807, 2.05) is 166 Å². The second kappa shape index (κ2) is 50.9. The molecule has 0 bridgehead atoms. The van der Waals surface area contributed by atoms with Gasteiger partial charge in [-0.1, -0.05) is 166 Å². The molecular weight excluding hydrogens is 1280 g/mol. The monoisotopic (exact) mass is 1400 g/mol. The number of carbonyl (C=O) groups excluding carboxylic acids is 6. The van der Waals surface area contributed by atoms with Crippen molar-refractivity contribution in [1.29, 1.82) is 0 Å². The third-order valence-electron chi connectivity index (χ3n) is 18.7. The number of hydrogen-bond donors (Lipinski definition) is 9. The third kappa shape index (κ3) is 35.4. The molecular formula is C83H121N3O15. The zero-order chi connectivity index (χ0) is 73.6. The van der Waals surface area contributed by atoms with Gasteiger partial charge in [-0.15, -0.1) is 0 Å². The number of benzene rings is 3. The number of aliphatic hydroxyl groups is 6. The van der Waals surface area contributed by atoms with E-state index in [0.29, 0.717) is 110 Å². The molecule has 15 atom stereocenters. The first-order valence-electron chi connectivity index (χ1n) is 37.3. The molecule has 9 N–H and O–H groups in total. The summed E-state index contributed by atoms with van der Waals surface area (Å²) in [6, 6.07) is 30.1. The van der Waals surface area contributed by atoms with Crippen molar-refractivity contribution < 1.29 is 73.6 Å². The summed E-state index contributed by atoms with van der Waals surface area (Å²) in [5, 5.41) is 71.6. The second-order valence-electron chi connectivity index (χ2n) is 26.6. The average Bonchev–Trinajstić information content (AvgIpc) is 1.70. The molecule has 18 nitrogen and oxygen atoms in total. The van der Waals surface area contributed by atoms with Gasteiger partial charge in [0.1, 0.15) is 18.3 Å². The first-order valence-corrected chi connectivity index (χ1v) is 37.3. The molecule has 0 spiro atoms. The van der Waals surface area contributed by atoms with Crippen LogP contribution in [0, 0.1) is 35.5 Å². The van der Waals surface area contributed by atoms with Crippen molar-refractivity contribution in [2.75, 3.05) is 19.6 Å². The molecule has 3 amide bonds. The third-order valence-corrected chi connectivity index (χ3v) is 18.7. The van der Waals surface area contributed by atoms with Gasteiger partial charge in [0.25, 0.3) is 0 Å². The average molecular weight is 1400 g/mol. The minimum Gasteiger partial charge on any atom is -0.462 e. The summed E-state index contributed by atoms with van der Waals surface area (Å²) in [6.45, 7) is 12.6. The van der Waals surface area contributed by atoms with Crippen molar-refractivity contribution >= 4 is 35.6 Å². The van der Waals surface area contributed by atoms with Crippen LogP contribution in [0.4, 0.5) is 0 Å². The van der Waals surface area contributed by atoms with Crippen LogP contribution in [-0.4, -0.2) is 141 Å². The predicted octanol–water partition coefficient (Wildman–Crippen LogP) is 11.9. The highest BCUT2D eigenvalue weighted by Gasteiger charge is 2.43. The van der Waals surface area contributed by atoms with Crippen molar-refractivity contribution in [3.63, 3.8) is 0 Å². The van der Waals surface area contributed by atoms with Crippen LogP contribution in [0.1, 0.15) is 187 Å². The number of unbranched alkanes of at least 4 members (excludes halogenated alkanes) is 3. The Kier molecular flexibility index (Phi) is 43.4. The number of esters is 3. The zero-order valence-corrected chi connectivity index (χ0v) is 61.0. The van der Waals surface area contributed by atoms with Crippen LogP contribution in [0.25, 0.3) is 0 Å². The molecule has 3 fully saturated rings. The van der Waals surface area contributed by atoms with Gasteiger partial charge in [0, 0.05) is 95.7 Å². The Morgan fingerprint density at radius 3 is 1.18 bits per heavy atom. The van der Waals surface area contributed by atoms with Gasteiger partial charge in [0.2, 0.25) is 17.7 Å². The SMILES string of the molecule is CCNC(=O)CCC/C=C\CC1[C@@H](/C=C/[C@H](CCc2ccccc2)OC(=O)CC)[C@H](O)C[C@@H]1O.CCNC(=O)CCC/C=C\C[C@@H]1[C@@H](/C=C/[C@@H](O)CCc2ccccc2)[C@H](OC(=O)CC)C[C@@H]1O.CCNC(=O)CCC/C=C\C[C@@H]1[C@@H](/C=C/[C@H](CCc2ccccc2)OC(C)=O)[C@H](O)C[C@@H]1O. The Hall–Kier alpha value is -7.32. The Labute approximate surface area is 602 Å². The maximum absolute atomic E-state index is 11.9. The van der Waals surface area contributed by atoms with Gasteiger partial charge < -0.3 is 60.8 Å². The molecule has 558 valence electrons. The Morgan fingerprint density at radius 2 is 0.802 bits per heavy atom. The fraction of sp³-hybridized carbons (Fsp3) is 0.566. The first-order chi connectivity index (χ1) is 48.8. The molecule has 18 heteroatoms. The molecule has 0 aromatic heterocycles. The maximum atomic E-state index is 11.9. The summed E-state index contributed by atoms with van der Waals surface area (Å²) < 4.78 is 16.7. The van der Waals surface area contributed by atoms with Crippen LogP contribution in [-0.2, 0) is 62.2 Å². The van der Waals surface area contributed by atoms with Gasteiger partial charge in [-0.05, 0) is 164 Å². The number of hydrogen-bond acceptors (Lipinski definition) is 15. The quantitative estimate of drug-likeness (QED) is 0.0110. The smallest absolute Gasteiger partial charge is 0.306 e. The number of amides is 3. The summed E-state index contributed by atoms with van der Waals surface area (Å²) in [4.78, 5) is 70.0. The van der Waals surface area contributed by atoms with Crippen LogP contribution in [0.15, 0.2) is 164 Å². The van der Waals surface area contributed by atoms with Gasteiger partial charge in [-0.3, -0.25) is 28.8 Å². The van der Waals surface area contributed by atoms with Crippen LogP contribution < -0.4 is 16.0 Å². The fourth-order valence-corrected chi connectivity index (χ4v) is 13.2. The summed E-state index contributed by atoms with van der Waals surface area (Å²) >= 11 is 0. The molecule has 0 saturated heterocycles. The predicted molar refractivity (Wildman–Crippen MR) is 397 cm³/mol. The van der Waals surface area contributed by atoms with E-state index in [9.17, 15) is 59.4 Å². The summed E-state index contributed by atoms with van der Waals surface area (Å²) in [5.41, 5.74) is 3.53. The molecule has 3 aromatic carbocycles. The number of carbonyl (C=O) groups is 6. The highest BCUT2D eigenvalue weighted by Crippen LogP contribution is 2.40. The van der Waals surface area contributed by atoms with Gasteiger partial charge in [0.05, 0.1) is 36.6 Å². The van der Waals surface area contributed by atoms with Crippen LogP contribution in [0.3, 0.4) is 0 Å². The summed E-state index contributed by atoms with van der Waals surface area (Å²) in [6.07, 6.45) is 33.0. The van der Waals surface area contributed by atoms with E-state index in [0.717, 1.165) is 57.8 Å². The topological polar surface area (TPSA) is 288 Å². The van der Waals surface area contributed by atoms with E-state index < -0.39 is 42.7 Å². The molecule has 101 heavy (non-hydrogen) atoms. The van der Waals surface area contributed by atoms with Gasteiger partial charge >= 0.3 is 17.9 Å². The molecule has 0 aliphatic heterocycles. The van der Waals surface area contributed by atoms with Crippen molar-refractivity contribution in [2.24, 2.45) is 35.5 Å². The lowest BCUT2D eigenvalue weighted by Crippen LogP contribution is -2.24. The minimum absolute atomic E-state index is 0.0683. The second-order valence-corrected chi connectivity index (χ2v) is 26.6. The molecule has 6 rings (SSSR count). The van der Waals surface area contributed by atoms with Crippen molar-refractivity contribution in [2.45, 2.75) is 244 Å². The Balaban J connectivity index is 0.000000321. The van der Waals surface area contributed by atoms with E-state index in [2.05, 4.69) is 28.1 Å². The molecule has 3 saturated carbocycles. The Morgan fingerprint density at radius 1 is 0.446 bits per heavy atom. The van der Waals surface area contributed by atoms with Crippen LogP contribution in [0.2, 0.25) is 0 Å². The maximum Gasteiger partial charge on any atom is 0.306 e. The van der Waals surface area contributed by atoms with Gasteiger partial charge in [-0.25, -0.2) is 0 Å². The molecule has 1 unspecified atom stereocenters. The van der Waals surface area contributed by atoms with E-state index in [1.165, 1.54) is 23.6 Å². The van der Waals surface area contributed by atoms with E-state index in [4.69, 9.17) is 14.2 Å². The lowest BCUT2D eigenvalue weighted by Gasteiger charge is -2.22. The number of aliphatic hydroxyl groups excluding tert-OH is 6. The van der Waals surface area contributed by atoms with E-state index in [-0.39, 0.29) is 83.3 Å². The molecule has 0 radical (unpaired) electrons. The number of ether oxygens (including phenoxy) is 3. The van der Waals surface area contributed by atoms with Crippen molar-refractivity contribution in [3.05, 3.63) is 181 Å². The summed E-state index contributed by atoms with van der Waals surface area (Å²) in [7, 11) is 0. The van der Waals surface area contributed by atoms with Crippen LogP contribution in [0.5, 0.6) is 0 Å². The van der Waals surface area contributed by atoms with Crippen molar-refractivity contribution in [1.82, 2.24) is 16.0 Å². The highest BCUT2D eigenvalue weighted by atomic mass is 16.6. The normalized spacial score (nSPS) is 23.5.